The van der Waals surface area contributed by atoms with Crippen LogP contribution in [0, 0.1) is 6.92 Å². The molecule has 1 N–H and O–H groups in total. The second kappa shape index (κ2) is 4.10. The summed E-state index contributed by atoms with van der Waals surface area (Å²) in [4.78, 5) is 2.67. The molecule has 1 atom stereocenters. The minimum absolute atomic E-state index is 0.667. The first-order valence-electron chi connectivity index (χ1n) is 6.44. The summed E-state index contributed by atoms with van der Waals surface area (Å²) >= 11 is 0. The number of hydrogen-bond donors (Lipinski definition) is 1. The van der Waals surface area contributed by atoms with Crippen molar-refractivity contribution < 1.29 is 0 Å². The first-order valence-corrected chi connectivity index (χ1v) is 6.44. The Bertz CT molecular complexity index is 380. The SMILES string of the molecule is Cc1cccc2c1C(N1CCCC1)CCN2. The van der Waals surface area contributed by atoms with Crippen molar-refractivity contribution in [3.63, 3.8) is 0 Å². The van der Waals surface area contributed by atoms with E-state index in [0.717, 1.165) is 6.54 Å². The molecule has 16 heavy (non-hydrogen) atoms. The number of fused-ring (bicyclic) bond motifs is 1. The van der Waals surface area contributed by atoms with Crippen LogP contribution >= 0.6 is 0 Å². The smallest absolute Gasteiger partial charge is 0.0391 e. The highest BCUT2D eigenvalue weighted by Gasteiger charge is 2.28. The lowest BCUT2D eigenvalue weighted by atomic mass is 9.92. The van der Waals surface area contributed by atoms with Crippen LogP contribution in [0.15, 0.2) is 18.2 Å². The molecular formula is C14H20N2. The number of likely N-dealkylation sites (tertiary alicyclic amines) is 1. The Kier molecular flexibility index (Phi) is 2.60. The molecule has 1 saturated heterocycles. The largest absolute Gasteiger partial charge is 0.385 e. The van der Waals surface area contributed by atoms with Gasteiger partial charge in [0.15, 0.2) is 0 Å². The number of hydrogen-bond acceptors (Lipinski definition) is 2. The van der Waals surface area contributed by atoms with Gasteiger partial charge in [0, 0.05) is 18.3 Å². The quantitative estimate of drug-likeness (QED) is 0.776. The number of benzene rings is 1. The van der Waals surface area contributed by atoms with Gasteiger partial charge in [0.1, 0.15) is 0 Å². The maximum Gasteiger partial charge on any atom is 0.0391 e. The summed E-state index contributed by atoms with van der Waals surface area (Å²) in [6, 6.07) is 7.30. The van der Waals surface area contributed by atoms with Gasteiger partial charge in [-0.25, -0.2) is 0 Å². The van der Waals surface area contributed by atoms with E-state index in [1.165, 1.54) is 43.6 Å². The third-order valence-electron chi connectivity index (χ3n) is 3.97. The number of aryl methyl sites for hydroxylation is 1. The van der Waals surface area contributed by atoms with Crippen LogP contribution in [0.4, 0.5) is 5.69 Å². The zero-order valence-corrected chi connectivity index (χ0v) is 10.00. The van der Waals surface area contributed by atoms with Gasteiger partial charge in [-0.2, -0.15) is 0 Å². The van der Waals surface area contributed by atoms with Crippen LogP contribution in [0.3, 0.4) is 0 Å². The third-order valence-corrected chi connectivity index (χ3v) is 3.97. The predicted molar refractivity (Wildman–Crippen MR) is 67.8 cm³/mol. The van der Waals surface area contributed by atoms with E-state index in [9.17, 15) is 0 Å². The summed E-state index contributed by atoms with van der Waals surface area (Å²) < 4.78 is 0. The highest BCUT2D eigenvalue weighted by atomic mass is 15.2. The molecule has 0 radical (unpaired) electrons. The van der Waals surface area contributed by atoms with Gasteiger partial charge in [-0.3, -0.25) is 4.90 Å². The third kappa shape index (κ3) is 1.61. The average Bonchev–Trinajstić information content (AvgIpc) is 2.82. The summed E-state index contributed by atoms with van der Waals surface area (Å²) in [6.07, 6.45) is 4.02. The van der Waals surface area contributed by atoms with E-state index in [4.69, 9.17) is 0 Å². The maximum absolute atomic E-state index is 3.53. The topological polar surface area (TPSA) is 15.3 Å². The van der Waals surface area contributed by atoms with Crippen LogP contribution in [0.2, 0.25) is 0 Å². The van der Waals surface area contributed by atoms with E-state index in [-0.39, 0.29) is 0 Å². The summed E-state index contributed by atoms with van der Waals surface area (Å²) in [6.45, 7) is 5.95. The number of nitrogens with zero attached hydrogens (tertiary/aromatic N) is 1. The van der Waals surface area contributed by atoms with E-state index in [1.807, 2.05) is 0 Å². The zero-order valence-electron chi connectivity index (χ0n) is 10.00. The molecular weight excluding hydrogens is 196 g/mol. The standard InChI is InChI=1S/C14H20N2/c1-11-5-4-6-12-14(11)13(7-8-15-12)16-9-2-3-10-16/h4-6,13,15H,2-3,7-10H2,1H3. The zero-order chi connectivity index (χ0) is 11.0. The average molecular weight is 216 g/mol. The summed E-state index contributed by atoms with van der Waals surface area (Å²) in [5.41, 5.74) is 4.36. The van der Waals surface area contributed by atoms with Crippen molar-refractivity contribution in [3.05, 3.63) is 29.3 Å². The lowest BCUT2D eigenvalue weighted by Gasteiger charge is -2.34. The molecule has 0 bridgehead atoms. The van der Waals surface area contributed by atoms with E-state index in [2.05, 4.69) is 35.3 Å². The lowest BCUT2D eigenvalue weighted by molar-refractivity contribution is 0.233. The van der Waals surface area contributed by atoms with E-state index >= 15 is 0 Å². The molecule has 2 heteroatoms. The summed E-state index contributed by atoms with van der Waals surface area (Å²) in [5.74, 6) is 0. The Hall–Kier alpha value is -1.02. The molecule has 1 fully saturated rings. The molecule has 3 rings (SSSR count). The first-order chi connectivity index (χ1) is 7.86. The molecule has 0 amide bonds. The Morgan fingerprint density at radius 2 is 2.06 bits per heavy atom. The Morgan fingerprint density at radius 1 is 1.25 bits per heavy atom. The number of rotatable bonds is 1. The fourth-order valence-corrected chi connectivity index (χ4v) is 3.18. The molecule has 0 aromatic heterocycles. The molecule has 1 aromatic rings. The molecule has 2 aliphatic heterocycles. The molecule has 2 aliphatic rings. The van der Waals surface area contributed by atoms with E-state index in [0.29, 0.717) is 6.04 Å². The molecule has 2 nitrogen and oxygen atoms in total. The highest BCUT2D eigenvalue weighted by Crippen LogP contribution is 2.37. The normalized spacial score (nSPS) is 25.2. The molecule has 2 heterocycles. The lowest BCUT2D eigenvalue weighted by Crippen LogP contribution is -2.31. The van der Waals surface area contributed by atoms with Gasteiger partial charge >= 0.3 is 0 Å². The molecule has 86 valence electrons. The molecule has 0 saturated carbocycles. The van der Waals surface area contributed by atoms with Gasteiger partial charge in [0.2, 0.25) is 0 Å². The molecule has 0 aliphatic carbocycles. The van der Waals surface area contributed by atoms with Gasteiger partial charge in [-0.05, 0) is 56.5 Å². The van der Waals surface area contributed by atoms with Crippen molar-refractivity contribution in [2.75, 3.05) is 25.0 Å². The van der Waals surface area contributed by atoms with Crippen molar-refractivity contribution in [3.8, 4) is 0 Å². The molecule has 0 spiro atoms. The van der Waals surface area contributed by atoms with Crippen LogP contribution in [0.1, 0.15) is 36.4 Å². The first kappa shape index (κ1) is 10.2. The van der Waals surface area contributed by atoms with Crippen molar-refractivity contribution in [1.82, 2.24) is 4.90 Å². The number of anilines is 1. The fourth-order valence-electron chi connectivity index (χ4n) is 3.18. The van der Waals surface area contributed by atoms with Gasteiger partial charge < -0.3 is 5.32 Å². The summed E-state index contributed by atoms with van der Waals surface area (Å²) in [5, 5.41) is 3.53. The monoisotopic (exact) mass is 216 g/mol. The fraction of sp³-hybridized carbons (Fsp3) is 0.571. The van der Waals surface area contributed by atoms with Crippen molar-refractivity contribution in [1.29, 1.82) is 0 Å². The number of nitrogens with one attached hydrogen (secondary N) is 1. The Morgan fingerprint density at radius 3 is 2.88 bits per heavy atom. The molecule has 1 unspecified atom stereocenters. The van der Waals surface area contributed by atoms with Crippen LogP contribution in [-0.2, 0) is 0 Å². The van der Waals surface area contributed by atoms with Crippen LogP contribution in [-0.4, -0.2) is 24.5 Å². The van der Waals surface area contributed by atoms with Gasteiger partial charge in [-0.15, -0.1) is 0 Å². The second-order valence-electron chi connectivity index (χ2n) is 5.01. The van der Waals surface area contributed by atoms with Gasteiger partial charge in [-0.1, -0.05) is 12.1 Å². The van der Waals surface area contributed by atoms with Crippen molar-refractivity contribution in [2.45, 2.75) is 32.2 Å². The highest BCUT2D eigenvalue weighted by molar-refractivity contribution is 5.57. The van der Waals surface area contributed by atoms with E-state index < -0.39 is 0 Å². The summed E-state index contributed by atoms with van der Waals surface area (Å²) in [7, 11) is 0. The van der Waals surface area contributed by atoms with Gasteiger partial charge in [0.25, 0.3) is 0 Å². The van der Waals surface area contributed by atoms with E-state index in [1.54, 1.807) is 5.56 Å². The van der Waals surface area contributed by atoms with Gasteiger partial charge in [0.05, 0.1) is 0 Å². The van der Waals surface area contributed by atoms with Crippen molar-refractivity contribution in [2.24, 2.45) is 0 Å². The maximum atomic E-state index is 3.53. The Balaban J connectivity index is 1.98. The van der Waals surface area contributed by atoms with Crippen LogP contribution in [0.25, 0.3) is 0 Å². The second-order valence-corrected chi connectivity index (χ2v) is 5.01. The molecule has 1 aromatic carbocycles. The van der Waals surface area contributed by atoms with Crippen LogP contribution in [0.5, 0.6) is 0 Å². The van der Waals surface area contributed by atoms with Crippen molar-refractivity contribution >= 4 is 5.69 Å². The predicted octanol–water partition coefficient (Wildman–Crippen LogP) is 2.95. The minimum Gasteiger partial charge on any atom is -0.385 e. The Labute approximate surface area is 97.6 Å². The minimum atomic E-state index is 0.667. The van der Waals surface area contributed by atoms with Crippen LogP contribution < -0.4 is 5.32 Å².